The Labute approximate surface area is 116 Å². The molecule has 0 radical (unpaired) electrons. The van der Waals surface area contributed by atoms with Gasteiger partial charge in [-0.25, -0.2) is 0 Å². The summed E-state index contributed by atoms with van der Waals surface area (Å²) in [6.45, 7) is 8.79. The van der Waals surface area contributed by atoms with Gasteiger partial charge in [0, 0.05) is 23.3 Å². The molecule has 0 spiro atoms. The fourth-order valence-electron chi connectivity index (χ4n) is 2.00. The molecule has 2 N–H and O–H groups in total. The van der Waals surface area contributed by atoms with E-state index < -0.39 is 0 Å². The fourth-order valence-corrected chi connectivity index (χ4v) is 2.18. The lowest BCUT2D eigenvalue weighted by Gasteiger charge is -2.28. The van der Waals surface area contributed by atoms with E-state index in [1.165, 1.54) is 18.4 Å². The summed E-state index contributed by atoms with van der Waals surface area (Å²) in [4.78, 5) is 2.50. The van der Waals surface area contributed by atoms with Gasteiger partial charge in [0.05, 0.1) is 0 Å². The third-order valence-electron chi connectivity index (χ3n) is 3.49. The molecule has 2 nitrogen and oxygen atoms in total. The van der Waals surface area contributed by atoms with E-state index in [2.05, 4.69) is 25.7 Å². The number of nitrogens with two attached hydrogens (primary N) is 1. The molecule has 1 unspecified atom stereocenters. The Morgan fingerprint density at radius 1 is 1.33 bits per heavy atom. The molecule has 1 atom stereocenters. The van der Waals surface area contributed by atoms with Gasteiger partial charge in [-0.2, -0.15) is 0 Å². The van der Waals surface area contributed by atoms with E-state index in [0.717, 1.165) is 25.2 Å². The maximum absolute atomic E-state index is 6.03. The van der Waals surface area contributed by atoms with E-state index in [9.17, 15) is 0 Å². The highest BCUT2D eigenvalue weighted by atomic mass is 35.5. The van der Waals surface area contributed by atoms with Gasteiger partial charge in [0.25, 0.3) is 0 Å². The Hall–Kier alpha value is -0.730. The molecular formula is C15H25ClN2. The number of rotatable bonds is 7. The van der Waals surface area contributed by atoms with Gasteiger partial charge in [-0.05, 0) is 44.0 Å². The summed E-state index contributed by atoms with van der Waals surface area (Å²) in [5.41, 5.74) is 8.00. The van der Waals surface area contributed by atoms with Crippen molar-refractivity contribution in [3.8, 4) is 0 Å². The second kappa shape index (κ2) is 7.65. The number of nitrogens with zero attached hydrogens (tertiary/aromatic N) is 1. The van der Waals surface area contributed by atoms with Crippen molar-refractivity contribution in [1.82, 2.24) is 4.90 Å². The Morgan fingerprint density at radius 3 is 2.61 bits per heavy atom. The zero-order valence-corrected chi connectivity index (χ0v) is 12.5. The Kier molecular flexibility index (Phi) is 6.51. The molecule has 0 aliphatic heterocycles. The fraction of sp³-hybridized carbons (Fsp3) is 0.600. The first-order valence-electron chi connectivity index (χ1n) is 6.86. The minimum Gasteiger partial charge on any atom is -0.398 e. The van der Waals surface area contributed by atoms with Gasteiger partial charge in [-0.15, -0.1) is 0 Å². The van der Waals surface area contributed by atoms with E-state index in [4.69, 9.17) is 17.3 Å². The molecule has 3 heteroatoms. The minimum atomic E-state index is 0.589. The smallest absolute Gasteiger partial charge is 0.0426 e. The number of anilines is 1. The van der Waals surface area contributed by atoms with Crippen molar-refractivity contribution in [2.75, 3.05) is 12.3 Å². The van der Waals surface area contributed by atoms with Crippen molar-refractivity contribution in [2.24, 2.45) is 0 Å². The van der Waals surface area contributed by atoms with Crippen molar-refractivity contribution in [3.05, 3.63) is 28.8 Å². The van der Waals surface area contributed by atoms with E-state index in [1.54, 1.807) is 0 Å². The topological polar surface area (TPSA) is 29.3 Å². The maximum atomic E-state index is 6.03. The molecule has 0 amide bonds. The van der Waals surface area contributed by atoms with Crippen LogP contribution in [0.1, 0.15) is 45.6 Å². The molecular weight excluding hydrogens is 244 g/mol. The van der Waals surface area contributed by atoms with Crippen LogP contribution in [0.5, 0.6) is 0 Å². The quantitative estimate of drug-likeness (QED) is 0.746. The van der Waals surface area contributed by atoms with Gasteiger partial charge >= 0.3 is 0 Å². The molecule has 0 aliphatic carbocycles. The van der Waals surface area contributed by atoms with Crippen LogP contribution >= 0.6 is 11.6 Å². The van der Waals surface area contributed by atoms with Crippen LogP contribution in [0.25, 0.3) is 0 Å². The van der Waals surface area contributed by atoms with Gasteiger partial charge in [-0.1, -0.05) is 37.9 Å². The van der Waals surface area contributed by atoms with Crippen LogP contribution in [-0.4, -0.2) is 17.5 Å². The largest absolute Gasteiger partial charge is 0.398 e. The number of hydrogen-bond donors (Lipinski definition) is 1. The van der Waals surface area contributed by atoms with Crippen LogP contribution in [0.3, 0.4) is 0 Å². The van der Waals surface area contributed by atoms with Crippen LogP contribution in [0, 0.1) is 0 Å². The third kappa shape index (κ3) is 4.51. The first-order chi connectivity index (χ1) is 8.58. The zero-order chi connectivity index (χ0) is 13.5. The number of nitrogen functional groups attached to an aromatic ring is 1. The molecule has 0 aliphatic rings. The van der Waals surface area contributed by atoms with Gasteiger partial charge in [0.15, 0.2) is 0 Å². The van der Waals surface area contributed by atoms with Gasteiger partial charge in [0.1, 0.15) is 0 Å². The second-order valence-electron chi connectivity index (χ2n) is 4.92. The summed E-state index contributed by atoms with van der Waals surface area (Å²) in [6.07, 6.45) is 3.62. The summed E-state index contributed by atoms with van der Waals surface area (Å²) in [5, 5.41) is 0.708. The van der Waals surface area contributed by atoms with Gasteiger partial charge < -0.3 is 5.73 Å². The van der Waals surface area contributed by atoms with Crippen LogP contribution in [0.2, 0.25) is 5.02 Å². The lowest BCUT2D eigenvalue weighted by Crippen LogP contribution is -2.33. The third-order valence-corrected chi connectivity index (χ3v) is 3.73. The second-order valence-corrected chi connectivity index (χ2v) is 5.36. The Balaban J connectivity index is 2.75. The monoisotopic (exact) mass is 268 g/mol. The first-order valence-corrected chi connectivity index (χ1v) is 7.24. The molecule has 0 saturated carbocycles. The number of benzene rings is 1. The summed E-state index contributed by atoms with van der Waals surface area (Å²) in [6, 6.07) is 6.39. The van der Waals surface area contributed by atoms with Crippen molar-refractivity contribution in [3.63, 3.8) is 0 Å². The molecule has 1 aromatic carbocycles. The van der Waals surface area contributed by atoms with Crippen molar-refractivity contribution >= 4 is 17.3 Å². The van der Waals surface area contributed by atoms with E-state index in [0.29, 0.717) is 11.1 Å². The van der Waals surface area contributed by atoms with E-state index in [1.807, 2.05) is 18.2 Å². The van der Waals surface area contributed by atoms with Crippen LogP contribution < -0.4 is 5.73 Å². The average molecular weight is 269 g/mol. The molecule has 1 aromatic rings. The molecule has 0 aromatic heterocycles. The lowest BCUT2D eigenvalue weighted by molar-refractivity contribution is 0.192. The van der Waals surface area contributed by atoms with Gasteiger partial charge in [0.2, 0.25) is 0 Å². The molecule has 102 valence electrons. The maximum Gasteiger partial charge on any atom is 0.0426 e. The zero-order valence-electron chi connectivity index (χ0n) is 11.7. The highest BCUT2D eigenvalue weighted by molar-refractivity contribution is 6.30. The van der Waals surface area contributed by atoms with Crippen molar-refractivity contribution in [1.29, 1.82) is 0 Å². The SMILES string of the molecule is CCCCN(Cc1ccc(Cl)cc1N)C(C)CC. The Bertz CT molecular complexity index is 366. The first kappa shape index (κ1) is 15.3. The number of unbranched alkanes of at least 4 members (excludes halogenated alkanes) is 1. The van der Waals surface area contributed by atoms with E-state index >= 15 is 0 Å². The molecule has 1 rings (SSSR count). The summed E-state index contributed by atoms with van der Waals surface area (Å²) >= 11 is 5.93. The number of hydrogen-bond acceptors (Lipinski definition) is 2. The van der Waals surface area contributed by atoms with Crippen molar-refractivity contribution in [2.45, 2.75) is 52.6 Å². The standard InChI is InChI=1S/C15H25ClN2/c1-4-6-9-18(12(3)5-2)11-13-7-8-14(16)10-15(13)17/h7-8,10,12H,4-6,9,11,17H2,1-3H3. The normalized spacial score (nSPS) is 12.9. The summed E-state index contributed by atoms with van der Waals surface area (Å²) in [5.74, 6) is 0. The Morgan fingerprint density at radius 2 is 2.06 bits per heavy atom. The molecule has 0 saturated heterocycles. The predicted octanol–water partition coefficient (Wildman–Crippen LogP) is 4.32. The van der Waals surface area contributed by atoms with E-state index in [-0.39, 0.29) is 0 Å². The van der Waals surface area contributed by atoms with Crippen LogP contribution in [-0.2, 0) is 6.54 Å². The molecule has 0 bridgehead atoms. The predicted molar refractivity (Wildman–Crippen MR) is 80.9 cm³/mol. The number of halogens is 1. The lowest BCUT2D eigenvalue weighted by atomic mass is 10.1. The molecule has 0 heterocycles. The summed E-state index contributed by atoms with van der Waals surface area (Å²) in [7, 11) is 0. The summed E-state index contributed by atoms with van der Waals surface area (Å²) < 4.78 is 0. The average Bonchev–Trinajstić information content (AvgIpc) is 2.36. The minimum absolute atomic E-state index is 0.589. The highest BCUT2D eigenvalue weighted by Crippen LogP contribution is 2.21. The van der Waals surface area contributed by atoms with Crippen LogP contribution in [0.15, 0.2) is 18.2 Å². The van der Waals surface area contributed by atoms with Crippen LogP contribution in [0.4, 0.5) is 5.69 Å². The van der Waals surface area contributed by atoms with Gasteiger partial charge in [-0.3, -0.25) is 4.90 Å². The molecule has 18 heavy (non-hydrogen) atoms. The van der Waals surface area contributed by atoms with Crippen molar-refractivity contribution < 1.29 is 0 Å². The highest BCUT2D eigenvalue weighted by Gasteiger charge is 2.13. The molecule has 0 fully saturated rings.